The molecule has 0 unspecified atom stereocenters. The Labute approximate surface area is 132 Å². The van der Waals surface area contributed by atoms with Gasteiger partial charge in [-0.25, -0.2) is 4.98 Å². The van der Waals surface area contributed by atoms with Crippen LogP contribution in [0.2, 0.25) is 0 Å². The molecule has 3 heterocycles. The van der Waals surface area contributed by atoms with Gasteiger partial charge in [0.05, 0.1) is 12.0 Å². The normalized spacial score (nSPS) is 22.8. The molecular formula is C18H24N4. The Kier molecular flexibility index (Phi) is 3.95. The van der Waals surface area contributed by atoms with Crippen molar-refractivity contribution in [3.8, 4) is 0 Å². The minimum atomic E-state index is 0.791. The first-order valence-electron chi connectivity index (χ1n) is 8.38. The third-order valence-corrected chi connectivity index (χ3v) is 5.05. The van der Waals surface area contributed by atoms with Crippen molar-refractivity contribution in [3.63, 3.8) is 0 Å². The van der Waals surface area contributed by atoms with E-state index in [9.17, 15) is 0 Å². The van der Waals surface area contributed by atoms with Crippen LogP contribution >= 0.6 is 0 Å². The predicted octanol–water partition coefficient (Wildman–Crippen LogP) is 2.21. The number of piperazine rings is 1. The molecule has 22 heavy (non-hydrogen) atoms. The highest BCUT2D eigenvalue weighted by Crippen LogP contribution is 2.22. The summed E-state index contributed by atoms with van der Waals surface area (Å²) in [5.41, 5.74) is 2.66. The lowest BCUT2D eigenvalue weighted by Crippen LogP contribution is -2.49. The summed E-state index contributed by atoms with van der Waals surface area (Å²) in [6.07, 6.45) is 6.75. The Morgan fingerprint density at radius 3 is 2.86 bits per heavy atom. The number of hydrogen-bond acceptors (Lipinski definition) is 3. The summed E-state index contributed by atoms with van der Waals surface area (Å²) in [6.45, 7) is 6.89. The first-order valence-corrected chi connectivity index (χ1v) is 8.38. The van der Waals surface area contributed by atoms with Crippen LogP contribution in [0.1, 0.15) is 24.1 Å². The Bertz CT molecular complexity index is 607. The third kappa shape index (κ3) is 2.94. The molecule has 0 amide bonds. The lowest BCUT2D eigenvalue weighted by molar-refractivity contribution is 0.0977. The molecule has 1 aromatic heterocycles. The number of benzene rings is 1. The standard InChI is InChI=1S/C18H24N4/c1-2-5-16(6-3-1)12-22-15-19-11-18(22)14-20-9-10-21-8-4-7-17(21)13-20/h1-3,5-6,11,15,17H,4,7-10,12-14H2/t17-/m0/s1. The van der Waals surface area contributed by atoms with E-state index in [1.807, 2.05) is 12.5 Å². The number of hydrogen-bond donors (Lipinski definition) is 0. The fourth-order valence-electron chi connectivity index (χ4n) is 3.83. The molecule has 4 heteroatoms. The van der Waals surface area contributed by atoms with Crippen molar-refractivity contribution in [2.45, 2.75) is 32.0 Å². The highest BCUT2D eigenvalue weighted by molar-refractivity contribution is 5.16. The van der Waals surface area contributed by atoms with Gasteiger partial charge in [-0.3, -0.25) is 9.80 Å². The lowest BCUT2D eigenvalue weighted by Gasteiger charge is -2.37. The average molecular weight is 296 g/mol. The second-order valence-electron chi connectivity index (χ2n) is 6.57. The molecule has 116 valence electrons. The molecule has 0 bridgehead atoms. The van der Waals surface area contributed by atoms with E-state index in [0.717, 1.165) is 19.1 Å². The molecule has 1 aromatic carbocycles. The van der Waals surface area contributed by atoms with Crippen LogP contribution in [0.25, 0.3) is 0 Å². The summed E-state index contributed by atoms with van der Waals surface area (Å²) < 4.78 is 2.29. The van der Waals surface area contributed by atoms with Crippen molar-refractivity contribution < 1.29 is 0 Å². The van der Waals surface area contributed by atoms with Crippen molar-refractivity contribution in [1.82, 2.24) is 19.4 Å². The van der Waals surface area contributed by atoms with Crippen LogP contribution < -0.4 is 0 Å². The molecular weight excluding hydrogens is 272 g/mol. The van der Waals surface area contributed by atoms with E-state index in [2.05, 4.69) is 49.7 Å². The van der Waals surface area contributed by atoms with E-state index in [0.29, 0.717) is 0 Å². The molecule has 2 aliphatic rings. The zero-order valence-corrected chi connectivity index (χ0v) is 13.1. The number of nitrogens with zero attached hydrogens (tertiary/aromatic N) is 4. The van der Waals surface area contributed by atoms with Gasteiger partial charge in [-0.2, -0.15) is 0 Å². The maximum absolute atomic E-state index is 4.38. The van der Waals surface area contributed by atoms with Crippen LogP contribution in [-0.2, 0) is 13.1 Å². The maximum atomic E-state index is 4.38. The highest BCUT2D eigenvalue weighted by atomic mass is 15.3. The molecule has 4 rings (SSSR count). The van der Waals surface area contributed by atoms with Gasteiger partial charge >= 0.3 is 0 Å². The van der Waals surface area contributed by atoms with E-state index in [4.69, 9.17) is 0 Å². The highest BCUT2D eigenvalue weighted by Gasteiger charge is 2.30. The number of rotatable bonds is 4. The van der Waals surface area contributed by atoms with Gasteiger partial charge in [0.1, 0.15) is 0 Å². The predicted molar refractivity (Wildman–Crippen MR) is 87.6 cm³/mol. The first-order chi connectivity index (χ1) is 10.9. The zero-order chi connectivity index (χ0) is 14.8. The maximum Gasteiger partial charge on any atom is 0.0951 e. The topological polar surface area (TPSA) is 24.3 Å². The average Bonchev–Trinajstić information content (AvgIpc) is 3.18. The second kappa shape index (κ2) is 6.23. The fourth-order valence-corrected chi connectivity index (χ4v) is 3.83. The van der Waals surface area contributed by atoms with Crippen molar-refractivity contribution >= 4 is 0 Å². The van der Waals surface area contributed by atoms with Gasteiger partial charge in [0.25, 0.3) is 0 Å². The molecule has 0 saturated carbocycles. The van der Waals surface area contributed by atoms with Crippen LogP contribution in [0, 0.1) is 0 Å². The molecule has 1 atom stereocenters. The summed E-state index contributed by atoms with van der Waals surface area (Å²) in [6, 6.07) is 11.4. The Morgan fingerprint density at radius 1 is 1.05 bits per heavy atom. The largest absolute Gasteiger partial charge is 0.329 e. The molecule has 2 aliphatic heterocycles. The number of aromatic nitrogens is 2. The van der Waals surface area contributed by atoms with Gasteiger partial charge in [-0.05, 0) is 24.9 Å². The molecule has 2 fully saturated rings. The quantitative estimate of drug-likeness (QED) is 0.864. The van der Waals surface area contributed by atoms with E-state index in [1.54, 1.807) is 0 Å². The molecule has 0 radical (unpaired) electrons. The van der Waals surface area contributed by atoms with Crippen LogP contribution in [-0.4, -0.2) is 51.6 Å². The SMILES string of the molecule is c1ccc(Cn2cncc2CN2CCN3CCC[C@H]3C2)cc1. The molecule has 2 aromatic rings. The summed E-state index contributed by atoms with van der Waals surface area (Å²) in [5.74, 6) is 0. The Morgan fingerprint density at radius 2 is 1.95 bits per heavy atom. The first kappa shape index (κ1) is 14.0. The van der Waals surface area contributed by atoms with Crippen LogP contribution in [0.3, 0.4) is 0 Å². The van der Waals surface area contributed by atoms with E-state index in [-0.39, 0.29) is 0 Å². The van der Waals surface area contributed by atoms with Gasteiger partial charge in [0.15, 0.2) is 0 Å². The Balaban J connectivity index is 1.42. The van der Waals surface area contributed by atoms with Crippen LogP contribution in [0.4, 0.5) is 0 Å². The number of imidazole rings is 1. The van der Waals surface area contributed by atoms with Gasteiger partial charge < -0.3 is 4.57 Å². The van der Waals surface area contributed by atoms with Crippen molar-refractivity contribution in [2.75, 3.05) is 26.2 Å². The lowest BCUT2D eigenvalue weighted by atomic mass is 10.1. The summed E-state index contributed by atoms with van der Waals surface area (Å²) in [7, 11) is 0. The fraction of sp³-hybridized carbons (Fsp3) is 0.500. The molecule has 0 aliphatic carbocycles. The molecule has 0 spiro atoms. The van der Waals surface area contributed by atoms with Crippen molar-refractivity contribution in [2.24, 2.45) is 0 Å². The van der Waals surface area contributed by atoms with E-state index >= 15 is 0 Å². The zero-order valence-electron chi connectivity index (χ0n) is 13.1. The van der Waals surface area contributed by atoms with Crippen LogP contribution in [0.5, 0.6) is 0 Å². The number of fused-ring (bicyclic) bond motifs is 1. The summed E-state index contributed by atoms with van der Waals surface area (Å²) >= 11 is 0. The minimum Gasteiger partial charge on any atom is -0.329 e. The van der Waals surface area contributed by atoms with E-state index < -0.39 is 0 Å². The third-order valence-electron chi connectivity index (χ3n) is 5.05. The van der Waals surface area contributed by atoms with Crippen LogP contribution in [0.15, 0.2) is 42.9 Å². The second-order valence-corrected chi connectivity index (χ2v) is 6.57. The molecule has 2 saturated heterocycles. The van der Waals surface area contributed by atoms with E-state index in [1.165, 1.54) is 50.3 Å². The summed E-state index contributed by atoms with van der Waals surface area (Å²) in [4.78, 5) is 9.64. The van der Waals surface area contributed by atoms with Gasteiger partial charge in [0.2, 0.25) is 0 Å². The van der Waals surface area contributed by atoms with Crippen molar-refractivity contribution in [1.29, 1.82) is 0 Å². The minimum absolute atomic E-state index is 0.791. The Hall–Kier alpha value is -1.65. The van der Waals surface area contributed by atoms with Crippen molar-refractivity contribution in [3.05, 3.63) is 54.1 Å². The molecule has 4 nitrogen and oxygen atoms in total. The van der Waals surface area contributed by atoms with Gasteiger partial charge in [-0.15, -0.1) is 0 Å². The van der Waals surface area contributed by atoms with Gasteiger partial charge in [0, 0.05) is 45.0 Å². The monoisotopic (exact) mass is 296 g/mol. The summed E-state index contributed by atoms with van der Waals surface area (Å²) in [5, 5.41) is 0. The smallest absolute Gasteiger partial charge is 0.0951 e. The molecule has 0 N–H and O–H groups in total. The van der Waals surface area contributed by atoms with Gasteiger partial charge in [-0.1, -0.05) is 30.3 Å².